The van der Waals surface area contributed by atoms with E-state index in [4.69, 9.17) is 11.6 Å². The molecule has 0 radical (unpaired) electrons. The fourth-order valence-corrected chi connectivity index (χ4v) is 1.93. The van der Waals surface area contributed by atoms with Crippen molar-refractivity contribution in [2.75, 3.05) is 0 Å². The van der Waals surface area contributed by atoms with Crippen LogP contribution in [0.3, 0.4) is 0 Å². The first-order chi connectivity index (χ1) is 7.63. The number of hydrogen-bond acceptors (Lipinski definition) is 3. The van der Waals surface area contributed by atoms with Crippen molar-refractivity contribution in [1.29, 1.82) is 0 Å². The van der Waals surface area contributed by atoms with Crippen molar-refractivity contribution < 1.29 is 5.11 Å². The average Bonchev–Trinajstić information content (AvgIpc) is 2.57. The highest BCUT2D eigenvalue weighted by Gasteiger charge is 2.12. The lowest BCUT2D eigenvalue weighted by molar-refractivity contribution is 0.281. The molecular formula is C11H12ClN3O. The first kappa shape index (κ1) is 11.1. The number of aliphatic hydroxyl groups excluding tert-OH is 1. The van der Waals surface area contributed by atoms with Crippen LogP contribution in [0.1, 0.15) is 17.2 Å². The molecule has 0 spiro atoms. The molecule has 0 aliphatic rings. The van der Waals surface area contributed by atoms with Gasteiger partial charge in [-0.3, -0.25) is 0 Å². The zero-order valence-corrected chi connectivity index (χ0v) is 9.86. The van der Waals surface area contributed by atoms with E-state index < -0.39 is 0 Å². The highest BCUT2D eigenvalue weighted by Crippen LogP contribution is 2.24. The minimum absolute atomic E-state index is 0.0752. The predicted octanol–water partition coefficient (Wildman–Crippen LogP) is 2.03. The molecule has 84 valence electrons. The van der Waals surface area contributed by atoms with Crippen LogP contribution in [0.25, 0.3) is 5.69 Å². The van der Waals surface area contributed by atoms with Gasteiger partial charge in [-0.25, -0.2) is 9.67 Å². The largest absolute Gasteiger partial charge is 0.392 e. The zero-order valence-electron chi connectivity index (χ0n) is 9.11. The summed E-state index contributed by atoms with van der Waals surface area (Å²) in [6.45, 7) is 3.59. The third-order valence-corrected chi connectivity index (χ3v) is 2.63. The zero-order chi connectivity index (χ0) is 11.7. The molecule has 0 aliphatic heterocycles. The van der Waals surface area contributed by atoms with Gasteiger partial charge in [0.1, 0.15) is 11.6 Å². The van der Waals surface area contributed by atoms with Crippen molar-refractivity contribution in [3.05, 3.63) is 40.4 Å². The van der Waals surface area contributed by atoms with Gasteiger partial charge in [-0.1, -0.05) is 23.7 Å². The fraction of sp³-hybridized carbons (Fsp3) is 0.273. The van der Waals surface area contributed by atoms with Crippen molar-refractivity contribution in [2.24, 2.45) is 0 Å². The van der Waals surface area contributed by atoms with Gasteiger partial charge in [0.25, 0.3) is 0 Å². The number of aryl methyl sites for hydroxylation is 2. The number of rotatable bonds is 2. The summed E-state index contributed by atoms with van der Waals surface area (Å²) >= 11 is 6.12. The van der Waals surface area contributed by atoms with E-state index in [2.05, 4.69) is 10.1 Å². The average molecular weight is 238 g/mol. The third-order valence-electron chi connectivity index (χ3n) is 2.33. The van der Waals surface area contributed by atoms with Crippen molar-refractivity contribution in [2.45, 2.75) is 20.5 Å². The molecule has 1 heterocycles. The van der Waals surface area contributed by atoms with Gasteiger partial charge in [0.2, 0.25) is 0 Å². The quantitative estimate of drug-likeness (QED) is 0.870. The van der Waals surface area contributed by atoms with E-state index in [1.807, 2.05) is 19.9 Å². The van der Waals surface area contributed by atoms with Gasteiger partial charge in [-0.15, -0.1) is 0 Å². The number of hydrogen-bond donors (Lipinski definition) is 1. The number of para-hydroxylation sites is 1. The molecule has 4 nitrogen and oxygen atoms in total. The summed E-state index contributed by atoms with van der Waals surface area (Å²) < 4.78 is 1.66. The van der Waals surface area contributed by atoms with Gasteiger partial charge in [-0.2, -0.15) is 5.10 Å². The lowest BCUT2D eigenvalue weighted by Crippen LogP contribution is -2.04. The normalized spacial score (nSPS) is 10.8. The van der Waals surface area contributed by atoms with Gasteiger partial charge < -0.3 is 5.11 Å². The van der Waals surface area contributed by atoms with E-state index in [1.165, 1.54) is 0 Å². The summed E-state index contributed by atoms with van der Waals surface area (Å²) in [6.07, 6.45) is 0. The van der Waals surface area contributed by atoms with Crippen LogP contribution in [0.5, 0.6) is 0 Å². The second-order valence-corrected chi connectivity index (χ2v) is 3.93. The summed E-state index contributed by atoms with van der Waals surface area (Å²) in [6, 6.07) is 5.39. The molecule has 0 aliphatic carbocycles. The highest BCUT2D eigenvalue weighted by molar-refractivity contribution is 6.32. The van der Waals surface area contributed by atoms with Crippen LogP contribution in [-0.4, -0.2) is 19.9 Å². The van der Waals surface area contributed by atoms with E-state index in [9.17, 15) is 5.11 Å². The van der Waals surface area contributed by atoms with Crippen LogP contribution in [0.2, 0.25) is 5.02 Å². The summed E-state index contributed by atoms with van der Waals surface area (Å²) in [5.41, 5.74) is 1.44. The molecule has 5 heteroatoms. The molecule has 1 N–H and O–H groups in total. The van der Waals surface area contributed by atoms with Gasteiger partial charge in [0, 0.05) is 5.56 Å². The molecule has 0 saturated heterocycles. The fourth-order valence-electron chi connectivity index (χ4n) is 1.66. The van der Waals surface area contributed by atoms with E-state index in [-0.39, 0.29) is 6.61 Å². The number of nitrogens with zero attached hydrogens (tertiary/aromatic N) is 3. The van der Waals surface area contributed by atoms with Crippen LogP contribution < -0.4 is 0 Å². The standard InChI is InChI=1S/C11H12ClN3O/c1-7-13-8(2)15(14-7)11-9(6-16)4-3-5-10(11)12/h3-5,16H,6H2,1-2H3. The summed E-state index contributed by atoms with van der Waals surface area (Å²) in [5.74, 6) is 1.43. The van der Waals surface area contributed by atoms with Crippen molar-refractivity contribution in [3.8, 4) is 5.69 Å². The molecule has 1 aromatic carbocycles. The van der Waals surface area contributed by atoms with Crippen molar-refractivity contribution in [1.82, 2.24) is 14.8 Å². The van der Waals surface area contributed by atoms with Gasteiger partial charge >= 0.3 is 0 Å². The number of halogens is 1. The van der Waals surface area contributed by atoms with E-state index in [0.717, 1.165) is 11.4 Å². The van der Waals surface area contributed by atoms with E-state index >= 15 is 0 Å². The second-order valence-electron chi connectivity index (χ2n) is 3.52. The molecule has 0 atom stereocenters. The molecule has 0 unspecified atom stereocenters. The summed E-state index contributed by atoms with van der Waals surface area (Å²) in [5, 5.41) is 14.1. The van der Waals surface area contributed by atoms with Crippen LogP contribution >= 0.6 is 11.6 Å². The van der Waals surface area contributed by atoms with Gasteiger partial charge in [-0.05, 0) is 19.9 Å². The lowest BCUT2D eigenvalue weighted by atomic mass is 10.2. The third kappa shape index (κ3) is 1.81. The maximum absolute atomic E-state index is 9.28. The molecule has 1 aromatic heterocycles. The Kier molecular flexibility index (Phi) is 2.94. The Hall–Kier alpha value is -1.39. The predicted molar refractivity (Wildman–Crippen MR) is 61.8 cm³/mol. The monoisotopic (exact) mass is 237 g/mol. The summed E-state index contributed by atoms with van der Waals surface area (Å²) in [4.78, 5) is 4.22. The molecule has 0 fully saturated rings. The van der Waals surface area contributed by atoms with Gasteiger partial charge in [0.05, 0.1) is 17.3 Å². The topological polar surface area (TPSA) is 50.9 Å². The lowest BCUT2D eigenvalue weighted by Gasteiger charge is -2.10. The Bertz CT molecular complexity index is 522. The van der Waals surface area contributed by atoms with Crippen LogP contribution in [0, 0.1) is 13.8 Å². The Morgan fingerprint density at radius 1 is 1.38 bits per heavy atom. The molecule has 0 saturated carbocycles. The molecule has 2 rings (SSSR count). The van der Waals surface area contributed by atoms with Crippen molar-refractivity contribution >= 4 is 11.6 Å². The smallest absolute Gasteiger partial charge is 0.148 e. The Labute approximate surface area is 98.5 Å². The minimum atomic E-state index is -0.0752. The molecular weight excluding hydrogens is 226 g/mol. The number of aliphatic hydroxyl groups is 1. The van der Waals surface area contributed by atoms with Crippen LogP contribution in [-0.2, 0) is 6.61 Å². The number of benzene rings is 1. The first-order valence-corrected chi connectivity index (χ1v) is 5.30. The Morgan fingerprint density at radius 2 is 2.12 bits per heavy atom. The first-order valence-electron chi connectivity index (χ1n) is 4.92. The Balaban J connectivity index is 2.67. The molecule has 2 aromatic rings. The van der Waals surface area contributed by atoms with Crippen LogP contribution in [0.15, 0.2) is 18.2 Å². The van der Waals surface area contributed by atoms with Crippen molar-refractivity contribution in [3.63, 3.8) is 0 Å². The van der Waals surface area contributed by atoms with Crippen LogP contribution in [0.4, 0.5) is 0 Å². The maximum Gasteiger partial charge on any atom is 0.148 e. The molecule has 0 bridgehead atoms. The minimum Gasteiger partial charge on any atom is -0.392 e. The maximum atomic E-state index is 9.28. The SMILES string of the molecule is Cc1nc(C)n(-c2c(Cl)cccc2CO)n1. The second kappa shape index (κ2) is 4.23. The Morgan fingerprint density at radius 3 is 2.69 bits per heavy atom. The molecule has 0 amide bonds. The molecule has 16 heavy (non-hydrogen) atoms. The highest BCUT2D eigenvalue weighted by atomic mass is 35.5. The van der Waals surface area contributed by atoms with E-state index in [1.54, 1.807) is 16.8 Å². The van der Waals surface area contributed by atoms with E-state index in [0.29, 0.717) is 16.5 Å². The summed E-state index contributed by atoms with van der Waals surface area (Å²) in [7, 11) is 0. The number of aromatic nitrogens is 3. The van der Waals surface area contributed by atoms with Gasteiger partial charge in [0.15, 0.2) is 0 Å².